The number of rotatable bonds is 3. The maximum atomic E-state index is 12.5. The number of piperidine rings is 1. The average Bonchev–Trinajstić information content (AvgIpc) is 2.67. The lowest BCUT2D eigenvalue weighted by Gasteiger charge is -2.21. The number of hydrogen-bond donors (Lipinski definition) is 1. The van der Waals surface area contributed by atoms with E-state index in [1.807, 2.05) is 19.9 Å². The van der Waals surface area contributed by atoms with Crippen molar-refractivity contribution in [2.75, 3.05) is 0 Å². The topological polar surface area (TPSA) is 73.1 Å². The van der Waals surface area contributed by atoms with Crippen LogP contribution in [0.25, 0.3) is 12.7 Å². The number of allylic oxidation sites excluding steroid dienone is 2. The van der Waals surface area contributed by atoms with E-state index in [4.69, 9.17) is 0 Å². The lowest BCUT2D eigenvalue weighted by Crippen LogP contribution is -2.47. The van der Waals surface area contributed by atoms with Crippen molar-refractivity contribution in [3.8, 4) is 0 Å². The number of carbonyl (C=O) groups is 2. The molecule has 0 aromatic carbocycles. The van der Waals surface area contributed by atoms with E-state index >= 15 is 0 Å². The van der Waals surface area contributed by atoms with Gasteiger partial charge in [-0.3, -0.25) is 24.0 Å². The summed E-state index contributed by atoms with van der Waals surface area (Å²) < 4.78 is 2.96. The Morgan fingerprint density at radius 3 is 2.67 bits per heavy atom. The third kappa shape index (κ3) is 2.61. The van der Waals surface area contributed by atoms with Crippen LogP contribution < -0.4 is 21.7 Å². The van der Waals surface area contributed by atoms with Crippen LogP contribution in [0.1, 0.15) is 32.7 Å². The van der Waals surface area contributed by atoms with Crippen LogP contribution in [0.15, 0.2) is 16.9 Å². The normalized spacial score (nSPS) is 20.3. The fraction of sp³-hybridized carbons (Fsp3) is 0.400. The van der Waals surface area contributed by atoms with Crippen molar-refractivity contribution in [3.63, 3.8) is 0 Å². The molecule has 2 amide bonds. The van der Waals surface area contributed by atoms with Gasteiger partial charge >= 0.3 is 5.69 Å². The minimum Gasteiger partial charge on any atom is -0.295 e. The summed E-state index contributed by atoms with van der Waals surface area (Å²) in [5.74, 6) is -0.732. The second-order valence-corrected chi connectivity index (χ2v) is 4.89. The molecule has 0 spiro atoms. The monoisotopic (exact) mass is 289 g/mol. The fourth-order valence-electron chi connectivity index (χ4n) is 2.55. The van der Waals surface area contributed by atoms with Gasteiger partial charge in [-0.1, -0.05) is 18.7 Å². The Balaban J connectivity index is 2.68. The fourth-order valence-corrected chi connectivity index (χ4v) is 2.55. The standard InChI is InChI=1S/C15H19N3O3/c1-4-6-7-11-10(3)17(5-2)15(21)18(11)12-8-9-13(19)16-14(12)20/h4,6-7,12H,3,5,8-9H2,1-2H3,(H,16,19,20)/b6-4-,11-7+. The summed E-state index contributed by atoms with van der Waals surface area (Å²) in [4.78, 5) is 35.8. The highest BCUT2D eigenvalue weighted by Crippen LogP contribution is 2.14. The smallest absolute Gasteiger partial charge is 0.295 e. The molecule has 1 atom stereocenters. The Morgan fingerprint density at radius 2 is 2.10 bits per heavy atom. The number of nitrogens with zero attached hydrogens (tertiary/aromatic N) is 2. The van der Waals surface area contributed by atoms with E-state index < -0.39 is 11.9 Å². The Bertz CT molecular complexity index is 767. The van der Waals surface area contributed by atoms with Gasteiger partial charge in [0.05, 0.1) is 10.7 Å². The predicted octanol–water partition coefficient (Wildman–Crippen LogP) is -0.586. The summed E-state index contributed by atoms with van der Waals surface area (Å²) in [6.45, 7) is 8.14. The number of aromatic nitrogens is 2. The van der Waals surface area contributed by atoms with Gasteiger partial charge in [-0.05, 0) is 26.3 Å². The molecule has 6 heteroatoms. The van der Waals surface area contributed by atoms with Crippen LogP contribution in [-0.2, 0) is 16.1 Å². The lowest BCUT2D eigenvalue weighted by molar-refractivity contribution is -0.135. The minimum absolute atomic E-state index is 0.232. The van der Waals surface area contributed by atoms with Gasteiger partial charge in [-0.15, -0.1) is 0 Å². The van der Waals surface area contributed by atoms with Crippen molar-refractivity contribution in [1.82, 2.24) is 14.5 Å². The third-order valence-corrected chi connectivity index (χ3v) is 3.60. The first-order chi connectivity index (χ1) is 10.0. The van der Waals surface area contributed by atoms with Crippen LogP contribution in [0.5, 0.6) is 0 Å². The molecule has 1 saturated heterocycles. The Labute approximate surface area is 122 Å². The molecule has 1 aliphatic heterocycles. The molecule has 0 radical (unpaired) electrons. The van der Waals surface area contributed by atoms with E-state index in [0.29, 0.717) is 23.7 Å². The minimum atomic E-state index is -0.667. The second-order valence-electron chi connectivity index (χ2n) is 4.89. The van der Waals surface area contributed by atoms with E-state index in [9.17, 15) is 14.4 Å². The van der Waals surface area contributed by atoms with Crippen molar-refractivity contribution in [2.24, 2.45) is 0 Å². The molecular weight excluding hydrogens is 270 g/mol. The molecule has 1 fully saturated rings. The summed E-state index contributed by atoms with van der Waals surface area (Å²) >= 11 is 0. The number of carbonyl (C=O) groups excluding carboxylic acids is 2. The van der Waals surface area contributed by atoms with Crippen molar-refractivity contribution < 1.29 is 9.59 Å². The first-order valence-corrected chi connectivity index (χ1v) is 6.98. The van der Waals surface area contributed by atoms with Gasteiger partial charge < -0.3 is 0 Å². The summed E-state index contributed by atoms with van der Waals surface area (Å²) in [5, 5.41) is 3.47. The molecular formula is C15H19N3O3. The summed E-state index contributed by atoms with van der Waals surface area (Å²) in [7, 11) is 0. The van der Waals surface area contributed by atoms with Gasteiger partial charge in [0.1, 0.15) is 6.04 Å². The molecule has 21 heavy (non-hydrogen) atoms. The summed E-state index contributed by atoms with van der Waals surface area (Å²) in [6.07, 6.45) is 5.96. The van der Waals surface area contributed by atoms with E-state index in [0.717, 1.165) is 0 Å². The van der Waals surface area contributed by atoms with Crippen LogP contribution in [0.2, 0.25) is 0 Å². The Kier molecular flexibility index (Phi) is 4.26. The van der Waals surface area contributed by atoms with Crippen LogP contribution in [0, 0.1) is 0 Å². The van der Waals surface area contributed by atoms with E-state index in [1.165, 1.54) is 9.13 Å². The molecule has 0 saturated carbocycles. The zero-order valence-electron chi connectivity index (χ0n) is 12.3. The molecule has 1 unspecified atom stereocenters. The highest BCUT2D eigenvalue weighted by atomic mass is 16.2. The zero-order valence-corrected chi connectivity index (χ0v) is 12.3. The summed E-state index contributed by atoms with van der Waals surface area (Å²) in [5.41, 5.74) is -0.271. The molecule has 1 aromatic heterocycles. The van der Waals surface area contributed by atoms with Crippen LogP contribution in [0.4, 0.5) is 0 Å². The van der Waals surface area contributed by atoms with E-state index in [2.05, 4.69) is 11.9 Å². The number of hydrogen-bond acceptors (Lipinski definition) is 3. The quantitative estimate of drug-likeness (QED) is 0.756. The molecule has 2 rings (SSSR count). The van der Waals surface area contributed by atoms with Gasteiger partial charge in [0.2, 0.25) is 11.8 Å². The van der Waals surface area contributed by atoms with Crippen LogP contribution >= 0.6 is 0 Å². The molecule has 0 aliphatic carbocycles. The van der Waals surface area contributed by atoms with Gasteiger partial charge in [0.15, 0.2) is 0 Å². The number of amides is 2. The number of imidazole rings is 1. The maximum Gasteiger partial charge on any atom is 0.329 e. The molecule has 1 aliphatic rings. The SMILES string of the molecule is C=c1/c(=C\C=C/C)n(C2CCC(=O)NC2=O)c(=O)n1CC. The third-order valence-electron chi connectivity index (χ3n) is 3.60. The van der Waals surface area contributed by atoms with Gasteiger partial charge in [0.25, 0.3) is 0 Å². The van der Waals surface area contributed by atoms with E-state index in [-0.39, 0.29) is 18.0 Å². The Morgan fingerprint density at radius 1 is 1.38 bits per heavy atom. The van der Waals surface area contributed by atoms with Crippen molar-refractivity contribution in [2.45, 2.75) is 39.3 Å². The zero-order chi connectivity index (χ0) is 15.6. The molecule has 112 valence electrons. The van der Waals surface area contributed by atoms with Gasteiger partial charge in [-0.2, -0.15) is 0 Å². The predicted molar refractivity (Wildman–Crippen MR) is 79.8 cm³/mol. The molecule has 6 nitrogen and oxygen atoms in total. The van der Waals surface area contributed by atoms with Crippen molar-refractivity contribution >= 4 is 24.5 Å². The second kappa shape index (κ2) is 5.95. The first kappa shape index (κ1) is 15.0. The largest absolute Gasteiger partial charge is 0.329 e. The van der Waals surface area contributed by atoms with Crippen molar-refractivity contribution in [1.29, 1.82) is 0 Å². The highest BCUT2D eigenvalue weighted by Gasteiger charge is 2.30. The molecule has 2 heterocycles. The van der Waals surface area contributed by atoms with Gasteiger partial charge in [-0.25, -0.2) is 4.79 Å². The van der Waals surface area contributed by atoms with Crippen LogP contribution in [-0.4, -0.2) is 20.9 Å². The van der Waals surface area contributed by atoms with Gasteiger partial charge in [0, 0.05) is 13.0 Å². The summed E-state index contributed by atoms with van der Waals surface area (Å²) in [6, 6.07) is -0.667. The molecule has 0 bridgehead atoms. The van der Waals surface area contributed by atoms with Crippen molar-refractivity contribution in [3.05, 3.63) is 33.3 Å². The average molecular weight is 289 g/mol. The highest BCUT2D eigenvalue weighted by molar-refractivity contribution is 5.99. The van der Waals surface area contributed by atoms with Crippen LogP contribution in [0.3, 0.4) is 0 Å². The molecule has 1 N–H and O–H groups in total. The molecule has 1 aromatic rings. The Hall–Kier alpha value is -2.37. The first-order valence-electron chi connectivity index (χ1n) is 6.98. The number of imide groups is 1. The lowest BCUT2D eigenvalue weighted by atomic mass is 10.1. The number of nitrogens with one attached hydrogen (secondary N) is 1. The maximum absolute atomic E-state index is 12.5. The van der Waals surface area contributed by atoms with E-state index in [1.54, 1.807) is 12.2 Å².